The van der Waals surface area contributed by atoms with Crippen LogP contribution in [0.25, 0.3) is 0 Å². The third-order valence-electron chi connectivity index (χ3n) is 1.79. The standard InChI is InChI=1S/C10H10ClF2NO/c1-6(5-11)14-10(15)7-2-3-8(12)9(13)4-7/h2-4,6H,5H2,1H3,(H,14,15). The molecule has 5 heteroatoms. The number of hydrogen-bond donors (Lipinski definition) is 1. The van der Waals surface area contributed by atoms with Gasteiger partial charge in [-0.15, -0.1) is 11.6 Å². The maximum absolute atomic E-state index is 12.8. The van der Waals surface area contributed by atoms with E-state index in [0.717, 1.165) is 12.1 Å². The molecule has 0 aliphatic rings. The highest BCUT2D eigenvalue weighted by molar-refractivity contribution is 6.18. The Morgan fingerprint density at radius 2 is 2.13 bits per heavy atom. The molecule has 0 saturated heterocycles. The molecule has 0 aliphatic carbocycles. The summed E-state index contributed by atoms with van der Waals surface area (Å²) in [6.07, 6.45) is 0. The van der Waals surface area contributed by atoms with Gasteiger partial charge in [-0.05, 0) is 25.1 Å². The van der Waals surface area contributed by atoms with Crippen molar-refractivity contribution in [2.24, 2.45) is 0 Å². The van der Waals surface area contributed by atoms with Crippen molar-refractivity contribution in [1.29, 1.82) is 0 Å². The molecule has 1 aromatic carbocycles. The van der Waals surface area contributed by atoms with Crippen molar-refractivity contribution in [3.05, 3.63) is 35.4 Å². The summed E-state index contributed by atoms with van der Waals surface area (Å²) in [5.41, 5.74) is 0.0749. The number of carbonyl (C=O) groups excluding carboxylic acids is 1. The molecule has 1 N–H and O–H groups in total. The molecule has 1 amide bonds. The van der Waals surface area contributed by atoms with Crippen LogP contribution in [-0.4, -0.2) is 17.8 Å². The summed E-state index contributed by atoms with van der Waals surface area (Å²) in [6.45, 7) is 1.71. The van der Waals surface area contributed by atoms with Crippen molar-refractivity contribution in [3.8, 4) is 0 Å². The molecule has 0 spiro atoms. The first-order valence-corrected chi connectivity index (χ1v) is 4.90. The van der Waals surface area contributed by atoms with E-state index in [4.69, 9.17) is 11.6 Å². The van der Waals surface area contributed by atoms with E-state index in [9.17, 15) is 13.6 Å². The van der Waals surface area contributed by atoms with Crippen molar-refractivity contribution in [1.82, 2.24) is 5.32 Å². The predicted octanol–water partition coefficient (Wildman–Crippen LogP) is 2.32. The number of amides is 1. The van der Waals surface area contributed by atoms with Gasteiger partial charge in [0.05, 0.1) is 0 Å². The van der Waals surface area contributed by atoms with E-state index in [0.29, 0.717) is 0 Å². The van der Waals surface area contributed by atoms with Crippen LogP contribution < -0.4 is 5.32 Å². The van der Waals surface area contributed by atoms with Gasteiger partial charge in [0.25, 0.3) is 5.91 Å². The first-order chi connectivity index (χ1) is 7.04. The summed E-state index contributed by atoms with van der Waals surface area (Å²) in [5.74, 6) is -2.23. The van der Waals surface area contributed by atoms with Crippen molar-refractivity contribution >= 4 is 17.5 Å². The van der Waals surface area contributed by atoms with Gasteiger partial charge in [0.2, 0.25) is 0 Å². The number of alkyl halides is 1. The minimum atomic E-state index is -1.04. The van der Waals surface area contributed by atoms with Crippen molar-refractivity contribution in [2.45, 2.75) is 13.0 Å². The van der Waals surface area contributed by atoms with Gasteiger partial charge in [-0.25, -0.2) is 8.78 Å². The van der Waals surface area contributed by atoms with Crippen LogP contribution in [0, 0.1) is 11.6 Å². The molecule has 0 aliphatic heterocycles. The predicted molar refractivity (Wildman–Crippen MR) is 54.0 cm³/mol. The lowest BCUT2D eigenvalue weighted by Gasteiger charge is -2.10. The summed E-state index contributed by atoms with van der Waals surface area (Å²) < 4.78 is 25.3. The summed E-state index contributed by atoms with van der Waals surface area (Å²) in [7, 11) is 0. The van der Waals surface area contributed by atoms with E-state index in [-0.39, 0.29) is 17.5 Å². The van der Waals surface area contributed by atoms with E-state index in [2.05, 4.69) is 5.32 Å². The fraction of sp³-hybridized carbons (Fsp3) is 0.300. The van der Waals surface area contributed by atoms with Crippen LogP contribution in [0.1, 0.15) is 17.3 Å². The maximum Gasteiger partial charge on any atom is 0.251 e. The zero-order valence-corrected chi connectivity index (χ0v) is 8.81. The highest BCUT2D eigenvalue weighted by Gasteiger charge is 2.11. The number of nitrogens with one attached hydrogen (secondary N) is 1. The van der Waals surface area contributed by atoms with Crippen LogP contribution >= 0.6 is 11.6 Å². The van der Waals surface area contributed by atoms with Gasteiger partial charge < -0.3 is 5.32 Å². The van der Waals surface area contributed by atoms with Crippen molar-refractivity contribution in [2.75, 3.05) is 5.88 Å². The normalized spacial score (nSPS) is 12.3. The topological polar surface area (TPSA) is 29.1 Å². The van der Waals surface area contributed by atoms with E-state index in [1.165, 1.54) is 6.07 Å². The molecule has 15 heavy (non-hydrogen) atoms. The van der Waals surface area contributed by atoms with Gasteiger partial charge in [-0.1, -0.05) is 0 Å². The zero-order valence-electron chi connectivity index (χ0n) is 8.06. The highest BCUT2D eigenvalue weighted by atomic mass is 35.5. The van der Waals surface area contributed by atoms with Crippen molar-refractivity contribution in [3.63, 3.8) is 0 Å². The number of halogens is 3. The lowest BCUT2D eigenvalue weighted by molar-refractivity contribution is 0.0943. The summed E-state index contributed by atoms with van der Waals surface area (Å²) in [5, 5.41) is 2.53. The van der Waals surface area contributed by atoms with Crippen LogP contribution in [0.4, 0.5) is 8.78 Å². The third kappa shape index (κ3) is 3.16. The zero-order chi connectivity index (χ0) is 11.4. The first-order valence-electron chi connectivity index (χ1n) is 4.36. The van der Waals surface area contributed by atoms with Crippen LogP contribution in [0.5, 0.6) is 0 Å². The molecule has 1 aromatic rings. The van der Waals surface area contributed by atoms with Gasteiger partial charge in [0.1, 0.15) is 0 Å². The van der Waals surface area contributed by atoms with Gasteiger partial charge in [0, 0.05) is 17.5 Å². The summed E-state index contributed by atoms with van der Waals surface area (Å²) in [6, 6.07) is 2.77. The van der Waals surface area contributed by atoms with E-state index in [1.807, 2.05) is 0 Å². The minimum absolute atomic E-state index is 0.0749. The molecule has 0 fully saturated rings. The van der Waals surface area contributed by atoms with E-state index < -0.39 is 17.5 Å². The quantitative estimate of drug-likeness (QED) is 0.798. The van der Waals surface area contributed by atoms with Gasteiger partial charge in [-0.2, -0.15) is 0 Å². The lowest BCUT2D eigenvalue weighted by Crippen LogP contribution is -2.33. The molecule has 1 atom stereocenters. The molecule has 0 aromatic heterocycles. The smallest absolute Gasteiger partial charge is 0.251 e. The van der Waals surface area contributed by atoms with Crippen LogP contribution in [0.2, 0.25) is 0 Å². The third-order valence-corrected chi connectivity index (χ3v) is 2.25. The molecule has 2 nitrogen and oxygen atoms in total. The SMILES string of the molecule is CC(CCl)NC(=O)c1ccc(F)c(F)c1. The fourth-order valence-electron chi connectivity index (χ4n) is 0.983. The molecule has 0 radical (unpaired) electrons. The Balaban J connectivity index is 2.78. The second kappa shape index (κ2) is 5.07. The Labute approximate surface area is 91.2 Å². The summed E-state index contributed by atoms with van der Waals surface area (Å²) in [4.78, 5) is 11.4. The van der Waals surface area contributed by atoms with Gasteiger partial charge in [-0.3, -0.25) is 4.79 Å². The van der Waals surface area contributed by atoms with Crippen molar-refractivity contribution < 1.29 is 13.6 Å². The second-order valence-electron chi connectivity index (χ2n) is 3.16. The monoisotopic (exact) mass is 233 g/mol. The Morgan fingerprint density at radius 3 is 2.67 bits per heavy atom. The maximum atomic E-state index is 12.8. The molecule has 0 heterocycles. The molecule has 0 bridgehead atoms. The Hall–Kier alpha value is -1.16. The number of hydrogen-bond acceptors (Lipinski definition) is 1. The molecule has 82 valence electrons. The molecular weight excluding hydrogens is 224 g/mol. The van der Waals surface area contributed by atoms with E-state index in [1.54, 1.807) is 6.92 Å². The van der Waals surface area contributed by atoms with Gasteiger partial charge >= 0.3 is 0 Å². The summed E-state index contributed by atoms with van der Waals surface area (Å²) >= 11 is 5.49. The molecule has 1 unspecified atom stereocenters. The Morgan fingerprint density at radius 1 is 1.47 bits per heavy atom. The van der Waals surface area contributed by atoms with Crippen LogP contribution in [-0.2, 0) is 0 Å². The second-order valence-corrected chi connectivity index (χ2v) is 3.47. The number of carbonyl (C=O) groups is 1. The minimum Gasteiger partial charge on any atom is -0.348 e. The van der Waals surface area contributed by atoms with Crippen LogP contribution in [0.3, 0.4) is 0 Å². The van der Waals surface area contributed by atoms with E-state index >= 15 is 0 Å². The van der Waals surface area contributed by atoms with Crippen LogP contribution in [0.15, 0.2) is 18.2 Å². The largest absolute Gasteiger partial charge is 0.348 e. The average Bonchev–Trinajstić information content (AvgIpc) is 2.21. The van der Waals surface area contributed by atoms with Gasteiger partial charge in [0.15, 0.2) is 11.6 Å². The highest BCUT2D eigenvalue weighted by Crippen LogP contribution is 2.08. The lowest BCUT2D eigenvalue weighted by atomic mass is 10.2. The Bertz CT molecular complexity index is 370. The average molecular weight is 234 g/mol. The molecular formula is C10H10ClF2NO. The number of benzene rings is 1. The molecule has 1 rings (SSSR count). The first kappa shape index (κ1) is 11.9. The number of rotatable bonds is 3. The fourth-order valence-corrected chi connectivity index (χ4v) is 1.06. The molecule has 0 saturated carbocycles. The Kier molecular flexibility index (Phi) is 4.03.